The monoisotopic (exact) mass is 274 g/mol. The second-order valence-electron chi connectivity index (χ2n) is 4.83. The highest BCUT2D eigenvalue weighted by Gasteiger charge is 2.29. The van der Waals surface area contributed by atoms with Gasteiger partial charge in [0.15, 0.2) is 5.16 Å². The van der Waals surface area contributed by atoms with Crippen LogP contribution in [0.2, 0.25) is 0 Å². The highest BCUT2D eigenvalue weighted by atomic mass is 32.2. The second kappa shape index (κ2) is 5.35. The molecule has 0 saturated carbocycles. The largest absolute Gasteiger partial charge is 0.312 e. The van der Waals surface area contributed by atoms with Gasteiger partial charge in [-0.2, -0.15) is 5.10 Å². The third-order valence-corrected chi connectivity index (χ3v) is 5.09. The zero-order valence-corrected chi connectivity index (χ0v) is 12.0. The molecule has 1 N–H and O–H groups in total. The Labute approximate surface area is 117 Å². The summed E-state index contributed by atoms with van der Waals surface area (Å²) in [7, 11) is 3.98. The van der Waals surface area contributed by atoms with E-state index in [0.717, 1.165) is 11.6 Å². The number of hydrogen-bond acceptors (Lipinski definition) is 4. The number of nitrogens with one attached hydrogen (secondary N) is 1. The number of hydrogen-bond donors (Lipinski definition) is 1. The summed E-state index contributed by atoms with van der Waals surface area (Å²) < 4.78 is 1.85. The summed E-state index contributed by atoms with van der Waals surface area (Å²) in [6.45, 7) is 0. The van der Waals surface area contributed by atoms with Crippen LogP contribution >= 0.6 is 11.8 Å². The van der Waals surface area contributed by atoms with Crippen molar-refractivity contribution in [2.45, 2.75) is 29.3 Å². The molecule has 1 aliphatic carbocycles. The van der Waals surface area contributed by atoms with E-state index in [-0.39, 0.29) is 0 Å². The van der Waals surface area contributed by atoms with Crippen molar-refractivity contribution in [3.05, 3.63) is 41.7 Å². The van der Waals surface area contributed by atoms with Gasteiger partial charge in [-0.25, -0.2) is 9.67 Å². The Morgan fingerprint density at radius 2 is 2.21 bits per heavy atom. The van der Waals surface area contributed by atoms with Crippen molar-refractivity contribution in [1.82, 2.24) is 20.1 Å². The standard InChI is InChI=1S/C14H18N4S/c1-15-13-11-6-4-3-5-10(11)7-8-12(13)19-14-16-9-17-18(14)2/h3-6,9,12-13,15H,7-8H2,1-2H3. The van der Waals surface area contributed by atoms with Crippen LogP contribution < -0.4 is 5.32 Å². The Bertz CT molecular complexity index is 566. The Balaban J connectivity index is 1.86. The molecule has 0 radical (unpaired) electrons. The number of nitrogens with zero attached hydrogens (tertiary/aromatic N) is 3. The molecule has 5 heteroatoms. The van der Waals surface area contributed by atoms with Crippen molar-refractivity contribution in [2.24, 2.45) is 7.05 Å². The van der Waals surface area contributed by atoms with E-state index < -0.39 is 0 Å². The molecule has 4 nitrogen and oxygen atoms in total. The molecular formula is C14H18N4S. The number of thioether (sulfide) groups is 1. The minimum absolute atomic E-state index is 0.381. The van der Waals surface area contributed by atoms with Crippen LogP contribution in [0.15, 0.2) is 35.7 Å². The van der Waals surface area contributed by atoms with Crippen LogP contribution in [0.4, 0.5) is 0 Å². The number of aromatic nitrogens is 3. The van der Waals surface area contributed by atoms with Crippen molar-refractivity contribution < 1.29 is 0 Å². The van der Waals surface area contributed by atoms with Crippen molar-refractivity contribution in [2.75, 3.05) is 7.05 Å². The minimum Gasteiger partial charge on any atom is -0.312 e. The van der Waals surface area contributed by atoms with Crippen molar-refractivity contribution in [1.29, 1.82) is 0 Å². The first-order valence-electron chi connectivity index (χ1n) is 6.55. The maximum atomic E-state index is 4.32. The molecule has 1 heterocycles. The van der Waals surface area contributed by atoms with E-state index >= 15 is 0 Å². The molecule has 2 atom stereocenters. The van der Waals surface area contributed by atoms with Crippen LogP contribution in [0.3, 0.4) is 0 Å². The van der Waals surface area contributed by atoms with E-state index in [2.05, 4.69) is 39.7 Å². The molecular weight excluding hydrogens is 256 g/mol. The van der Waals surface area contributed by atoms with Gasteiger partial charge < -0.3 is 5.32 Å². The Kier molecular flexibility index (Phi) is 3.57. The average Bonchev–Trinajstić information content (AvgIpc) is 2.84. The smallest absolute Gasteiger partial charge is 0.186 e. The van der Waals surface area contributed by atoms with Gasteiger partial charge in [-0.3, -0.25) is 0 Å². The first-order valence-corrected chi connectivity index (χ1v) is 7.43. The fourth-order valence-corrected chi connectivity index (χ4v) is 3.96. The molecule has 0 spiro atoms. The number of fused-ring (bicyclic) bond motifs is 1. The highest BCUT2D eigenvalue weighted by Crippen LogP contribution is 2.38. The third-order valence-electron chi connectivity index (χ3n) is 3.70. The number of aryl methyl sites for hydroxylation is 2. The molecule has 0 bridgehead atoms. The first kappa shape index (κ1) is 12.7. The van der Waals surface area contributed by atoms with Gasteiger partial charge in [-0.05, 0) is 31.0 Å². The Morgan fingerprint density at radius 1 is 1.37 bits per heavy atom. The van der Waals surface area contributed by atoms with Gasteiger partial charge in [0.05, 0.1) is 0 Å². The molecule has 1 aromatic carbocycles. The molecule has 1 aliphatic rings. The predicted octanol–water partition coefficient (Wildman–Crippen LogP) is 2.18. The molecule has 2 aromatic rings. The Morgan fingerprint density at radius 3 is 2.95 bits per heavy atom. The highest BCUT2D eigenvalue weighted by molar-refractivity contribution is 7.99. The van der Waals surface area contributed by atoms with Crippen LogP contribution in [0.25, 0.3) is 0 Å². The van der Waals surface area contributed by atoms with Gasteiger partial charge in [0.25, 0.3) is 0 Å². The molecule has 0 amide bonds. The average molecular weight is 274 g/mol. The maximum Gasteiger partial charge on any atom is 0.186 e. The molecule has 100 valence electrons. The summed E-state index contributed by atoms with van der Waals surface area (Å²) in [6, 6.07) is 9.11. The van der Waals surface area contributed by atoms with E-state index in [0.29, 0.717) is 11.3 Å². The summed E-state index contributed by atoms with van der Waals surface area (Å²) in [5.41, 5.74) is 2.90. The summed E-state index contributed by atoms with van der Waals surface area (Å²) in [6.07, 6.45) is 3.93. The molecule has 0 fully saturated rings. The van der Waals surface area contributed by atoms with Crippen LogP contribution in [0.5, 0.6) is 0 Å². The number of benzene rings is 1. The summed E-state index contributed by atoms with van der Waals surface area (Å²) in [5, 5.41) is 9.10. The van der Waals surface area contributed by atoms with Gasteiger partial charge in [0, 0.05) is 18.3 Å². The van der Waals surface area contributed by atoms with E-state index in [1.165, 1.54) is 17.5 Å². The maximum absolute atomic E-state index is 4.32. The van der Waals surface area contributed by atoms with Crippen LogP contribution in [0, 0.1) is 0 Å². The fourth-order valence-electron chi connectivity index (χ4n) is 2.73. The van der Waals surface area contributed by atoms with Crippen molar-refractivity contribution >= 4 is 11.8 Å². The lowest BCUT2D eigenvalue weighted by atomic mass is 9.87. The quantitative estimate of drug-likeness (QED) is 0.931. The molecule has 1 aromatic heterocycles. The van der Waals surface area contributed by atoms with Gasteiger partial charge in [0.1, 0.15) is 6.33 Å². The van der Waals surface area contributed by atoms with Gasteiger partial charge in [-0.15, -0.1) is 0 Å². The lowest BCUT2D eigenvalue weighted by Gasteiger charge is -2.32. The lowest BCUT2D eigenvalue weighted by molar-refractivity contribution is 0.508. The molecule has 3 rings (SSSR count). The van der Waals surface area contributed by atoms with Crippen molar-refractivity contribution in [3.63, 3.8) is 0 Å². The van der Waals surface area contributed by atoms with Crippen LogP contribution in [-0.2, 0) is 13.5 Å². The van der Waals surface area contributed by atoms with Gasteiger partial charge in [0.2, 0.25) is 0 Å². The molecule has 0 saturated heterocycles. The zero-order valence-electron chi connectivity index (χ0n) is 11.2. The second-order valence-corrected chi connectivity index (χ2v) is 6.03. The number of rotatable bonds is 3. The molecule has 19 heavy (non-hydrogen) atoms. The van der Waals surface area contributed by atoms with E-state index in [4.69, 9.17) is 0 Å². The van der Waals surface area contributed by atoms with E-state index in [1.54, 1.807) is 6.33 Å². The lowest BCUT2D eigenvalue weighted by Crippen LogP contribution is -2.32. The normalized spacial score (nSPS) is 22.2. The SMILES string of the molecule is CNC1c2ccccc2CCC1Sc1ncnn1C. The third kappa shape index (κ3) is 2.40. The summed E-state index contributed by atoms with van der Waals surface area (Å²) in [4.78, 5) is 4.32. The predicted molar refractivity (Wildman–Crippen MR) is 77.2 cm³/mol. The molecule has 0 aliphatic heterocycles. The summed E-state index contributed by atoms with van der Waals surface area (Å²) >= 11 is 1.82. The topological polar surface area (TPSA) is 42.7 Å². The van der Waals surface area contributed by atoms with Crippen LogP contribution in [-0.4, -0.2) is 27.1 Å². The first-order chi connectivity index (χ1) is 9.29. The van der Waals surface area contributed by atoms with Gasteiger partial charge >= 0.3 is 0 Å². The minimum atomic E-state index is 0.381. The van der Waals surface area contributed by atoms with Crippen LogP contribution in [0.1, 0.15) is 23.6 Å². The summed E-state index contributed by atoms with van der Waals surface area (Å²) in [5.74, 6) is 0. The van der Waals surface area contributed by atoms with Crippen molar-refractivity contribution in [3.8, 4) is 0 Å². The van der Waals surface area contributed by atoms with Gasteiger partial charge in [-0.1, -0.05) is 36.0 Å². The molecule has 2 unspecified atom stereocenters. The van der Waals surface area contributed by atoms with E-state index in [1.807, 2.05) is 30.5 Å². The Hall–Kier alpha value is -1.33. The zero-order chi connectivity index (χ0) is 13.2. The fraction of sp³-hybridized carbons (Fsp3) is 0.429. The van der Waals surface area contributed by atoms with E-state index in [9.17, 15) is 0 Å².